The molecular formula is C22H32N2O5. The second-order valence-electron chi connectivity index (χ2n) is 8.44. The largest absolute Gasteiger partial charge is 0.492 e. The van der Waals surface area contributed by atoms with Crippen molar-refractivity contribution < 1.29 is 23.8 Å². The normalized spacial score (nSPS) is 17.9. The molecule has 29 heavy (non-hydrogen) atoms. The first-order chi connectivity index (χ1) is 13.9. The molecule has 2 fully saturated rings. The van der Waals surface area contributed by atoms with Crippen molar-refractivity contribution in [1.82, 2.24) is 10.3 Å². The van der Waals surface area contributed by atoms with Crippen LogP contribution in [0.25, 0.3) is 0 Å². The summed E-state index contributed by atoms with van der Waals surface area (Å²) in [6.45, 7) is 9.77. The molecule has 7 heteroatoms. The Balaban J connectivity index is 1.78. The number of nitrogens with one attached hydrogen (secondary N) is 1. The molecule has 1 aromatic rings. The van der Waals surface area contributed by atoms with Crippen LogP contribution in [-0.4, -0.2) is 48.8 Å². The van der Waals surface area contributed by atoms with Gasteiger partial charge in [-0.15, -0.1) is 0 Å². The Morgan fingerprint density at radius 2 is 1.97 bits per heavy atom. The molecule has 0 bridgehead atoms. The van der Waals surface area contributed by atoms with Gasteiger partial charge in [-0.3, -0.25) is 9.78 Å². The van der Waals surface area contributed by atoms with E-state index in [0.29, 0.717) is 44.3 Å². The molecule has 1 aliphatic carbocycles. The summed E-state index contributed by atoms with van der Waals surface area (Å²) in [5.74, 6) is 0.343. The second-order valence-corrected chi connectivity index (χ2v) is 8.44. The molecule has 0 atom stereocenters. The fourth-order valence-electron chi connectivity index (χ4n) is 3.50. The van der Waals surface area contributed by atoms with Gasteiger partial charge < -0.3 is 19.5 Å². The summed E-state index contributed by atoms with van der Waals surface area (Å²) in [5, 5.41) is 2.87. The molecule has 1 amide bonds. The first-order valence-corrected chi connectivity index (χ1v) is 10.6. The van der Waals surface area contributed by atoms with Crippen LogP contribution in [0.4, 0.5) is 0 Å². The van der Waals surface area contributed by atoms with Crippen molar-refractivity contribution in [3.8, 4) is 5.75 Å². The van der Waals surface area contributed by atoms with Gasteiger partial charge in [-0.25, -0.2) is 4.79 Å². The minimum Gasteiger partial charge on any atom is -0.492 e. The standard InChI is InChI=1S/C22H32N2O5/c1-5-22(6-2,20(26)28-7-3)24-19(25)17-10-18(16(11-23-17)15-8-9-15)29-14-21(4)12-27-13-21/h10-11,15H,5-9,12-14H2,1-4H3,(H,24,25). The number of aromatic nitrogens is 1. The van der Waals surface area contributed by atoms with Gasteiger partial charge in [0, 0.05) is 23.2 Å². The van der Waals surface area contributed by atoms with Crippen molar-refractivity contribution in [2.45, 2.75) is 64.8 Å². The summed E-state index contributed by atoms with van der Waals surface area (Å²) in [6, 6.07) is 1.70. The van der Waals surface area contributed by atoms with E-state index in [9.17, 15) is 9.59 Å². The third kappa shape index (κ3) is 4.71. The average Bonchev–Trinajstić information content (AvgIpc) is 3.54. The van der Waals surface area contributed by atoms with E-state index in [1.807, 2.05) is 13.8 Å². The van der Waals surface area contributed by atoms with Gasteiger partial charge >= 0.3 is 5.97 Å². The molecule has 1 N–H and O–H groups in total. The van der Waals surface area contributed by atoms with E-state index in [1.165, 1.54) is 0 Å². The Hall–Kier alpha value is -2.15. The maximum atomic E-state index is 12.9. The number of hydrogen-bond acceptors (Lipinski definition) is 6. The van der Waals surface area contributed by atoms with Crippen LogP contribution in [0.2, 0.25) is 0 Å². The van der Waals surface area contributed by atoms with Crippen molar-refractivity contribution in [2.24, 2.45) is 5.41 Å². The number of esters is 1. The number of carbonyl (C=O) groups excluding carboxylic acids is 2. The third-order valence-electron chi connectivity index (χ3n) is 5.85. The minimum atomic E-state index is -1.05. The van der Waals surface area contributed by atoms with Crippen molar-refractivity contribution in [2.75, 3.05) is 26.4 Å². The van der Waals surface area contributed by atoms with Gasteiger partial charge in [-0.1, -0.05) is 20.8 Å². The van der Waals surface area contributed by atoms with Gasteiger partial charge in [0.05, 0.1) is 26.4 Å². The van der Waals surface area contributed by atoms with Gasteiger partial charge in [-0.05, 0) is 38.5 Å². The van der Waals surface area contributed by atoms with Crippen LogP contribution in [0, 0.1) is 5.41 Å². The van der Waals surface area contributed by atoms with E-state index in [4.69, 9.17) is 14.2 Å². The monoisotopic (exact) mass is 404 g/mol. The van der Waals surface area contributed by atoms with Crippen LogP contribution >= 0.6 is 0 Å². The van der Waals surface area contributed by atoms with Crippen molar-refractivity contribution in [3.05, 3.63) is 23.5 Å². The highest BCUT2D eigenvalue weighted by Crippen LogP contribution is 2.44. The van der Waals surface area contributed by atoms with Crippen LogP contribution in [0.5, 0.6) is 5.75 Å². The number of ether oxygens (including phenoxy) is 3. The lowest BCUT2D eigenvalue weighted by Gasteiger charge is -2.37. The molecule has 2 heterocycles. The molecule has 1 aliphatic heterocycles. The van der Waals surface area contributed by atoms with Crippen LogP contribution in [0.1, 0.15) is 75.3 Å². The quantitative estimate of drug-likeness (QED) is 0.603. The van der Waals surface area contributed by atoms with Gasteiger partial charge in [0.1, 0.15) is 17.0 Å². The summed E-state index contributed by atoms with van der Waals surface area (Å²) in [4.78, 5) is 29.8. The van der Waals surface area contributed by atoms with Gasteiger partial charge in [0.25, 0.3) is 5.91 Å². The molecule has 1 saturated heterocycles. The van der Waals surface area contributed by atoms with Gasteiger partial charge in [0.2, 0.25) is 0 Å². The maximum Gasteiger partial charge on any atom is 0.331 e. The van der Waals surface area contributed by atoms with Crippen LogP contribution in [0.15, 0.2) is 12.3 Å². The number of rotatable bonds is 10. The maximum absolute atomic E-state index is 12.9. The topological polar surface area (TPSA) is 86.8 Å². The van der Waals surface area contributed by atoms with E-state index in [2.05, 4.69) is 17.2 Å². The predicted molar refractivity (Wildman–Crippen MR) is 108 cm³/mol. The fourth-order valence-corrected chi connectivity index (χ4v) is 3.50. The Labute approximate surface area is 172 Å². The zero-order valence-electron chi connectivity index (χ0n) is 17.9. The number of pyridine rings is 1. The third-order valence-corrected chi connectivity index (χ3v) is 5.85. The van der Waals surface area contributed by atoms with E-state index in [1.54, 1.807) is 19.2 Å². The number of carbonyl (C=O) groups is 2. The van der Waals surface area contributed by atoms with Crippen LogP contribution in [-0.2, 0) is 14.3 Å². The molecule has 7 nitrogen and oxygen atoms in total. The van der Waals surface area contributed by atoms with Crippen molar-refractivity contribution >= 4 is 11.9 Å². The van der Waals surface area contributed by atoms with Gasteiger partial charge in [-0.2, -0.15) is 0 Å². The predicted octanol–water partition coefficient (Wildman–Crippen LogP) is 3.23. The first kappa shape index (κ1) is 21.6. The number of hydrogen-bond donors (Lipinski definition) is 1. The molecule has 160 valence electrons. The van der Waals surface area contributed by atoms with E-state index in [0.717, 1.165) is 18.4 Å². The van der Waals surface area contributed by atoms with Crippen LogP contribution < -0.4 is 10.1 Å². The minimum absolute atomic E-state index is 0.00992. The lowest BCUT2D eigenvalue weighted by molar-refractivity contribution is -0.151. The van der Waals surface area contributed by atoms with Crippen molar-refractivity contribution in [3.63, 3.8) is 0 Å². The number of amides is 1. The Bertz CT molecular complexity index is 752. The van der Waals surface area contributed by atoms with E-state index in [-0.39, 0.29) is 17.7 Å². The van der Waals surface area contributed by atoms with Crippen LogP contribution in [0.3, 0.4) is 0 Å². The molecular weight excluding hydrogens is 372 g/mol. The summed E-state index contributed by atoms with van der Waals surface area (Å²) in [7, 11) is 0. The summed E-state index contributed by atoms with van der Waals surface area (Å²) in [6.07, 6.45) is 4.85. The summed E-state index contributed by atoms with van der Waals surface area (Å²) < 4.78 is 16.6. The summed E-state index contributed by atoms with van der Waals surface area (Å²) in [5.41, 5.74) is 0.251. The van der Waals surface area contributed by atoms with Gasteiger partial charge in [0.15, 0.2) is 0 Å². The highest BCUT2D eigenvalue weighted by molar-refractivity contribution is 5.97. The Kier molecular flexibility index (Phi) is 6.46. The number of nitrogens with zero attached hydrogens (tertiary/aromatic N) is 1. The molecule has 3 rings (SSSR count). The molecule has 2 aliphatic rings. The first-order valence-electron chi connectivity index (χ1n) is 10.6. The zero-order chi connectivity index (χ0) is 21.1. The van der Waals surface area contributed by atoms with E-state index >= 15 is 0 Å². The van der Waals surface area contributed by atoms with Crippen molar-refractivity contribution in [1.29, 1.82) is 0 Å². The molecule has 0 unspecified atom stereocenters. The zero-order valence-corrected chi connectivity index (χ0v) is 17.9. The highest BCUT2D eigenvalue weighted by Gasteiger charge is 2.39. The Morgan fingerprint density at radius 3 is 2.48 bits per heavy atom. The molecule has 1 saturated carbocycles. The SMILES string of the molecule is CCOC(=O)C(CC)(CC)NC(=O)c1cc(OCC2(C)COC2)c(C2CC2)cn1. The Morgan fingerprint density at radius 1 is 1.28 bits per heavy atom. The highest BCUT2D eigenvalue weighted by atomic mass is 16.5. The smallest absolute Gasteiger partial charge is 0.331 e. The molecule has 1 aromatic heterocycles. The summed E-state index contributed by atoms with van der Waals surface area (Å²) >= 11 is 0. The lowest BCUT2D eigenvalue weighted by Crippen LogP contribution is -2.54. The fraction of sp³-hybridized carbons (Fsp3) is 0.682. The average molecular weight is 405 g/mol. The molecule has 0 aromatic carbocycles. The molecule has 0 spiro atoms. The second kappa shape index (κ2) is 8.69. The lowest BCUT2D eigenvalue weighted by atomic mass is 9.90. The molecule has 0 radical (unpaired) electrons. The van der Waals surface area contributed by atoms with E-state index < -0.39 is 17.4 Å².